The summed E-state index contributed by atoms with van der Waals surface area (Å²) in [6.45, 7) is 18.6. The first-order valence-corrected chi connectivity index (χ1v) is 15.2. The highest BCUT2D eigenvalue weighted by Gasteiger charge is 2.27. The second kappa shape index (κ2) is 21.5. The van der Waals surface area contributed by atoms with E-state index in [0.717, 1.165) is 64.3 Å². The van der Waals surface area contributed by atoms with Gasteiger partial charge in [-0.15, -0.1) is 0 Å². The van der Waals surface area contributed by atoms with E-state index < -0.39 is 0 Å². The molecule has 0 saturated heterocycles. The lowest BCUT2D eigenvalue weighted by molar-refractivity contribution is -0.132. The molecule has 0 fully saturated rings. The molecule has 2 unspecified atom stereocenters. The van der Waals surface area contributed by atoms with Crippen molar-refractivity contribution in [2.75, 3.05) is 13.1 Å². The Morgan fingerprint density at radius 3 is 1.78 bits per heavy atom. The van der Waals surface area contributed by atoms with Gasteiger partial charge in [0.05, 0.1) is 0 Å². The molecular formula is C31H61N3O3. The zero-order valence-corrected chi connectivity index (χ0v) is 25.6. The van der Waals surface area contributed by atoms with Crippen LogP contribution >= 0.6 is 0 Å². The van der Waals surface area contributed by atoms with Crippen molar-refractivity contribution in [1.29, 1.82) is 0 Å². The van der Waals surface area contributed by atoms with Crippen molar-refractivity contribution < 1.29 is 14.4 Å². The predicted octanol–water partition coefficient (Wildman–Crippen LogP) is 6.42. The lowest BCUT2D eigenvalue weighted by Crippen LogP contribution is -2.37. The third kappa shape index (κ3) is 21.2. The Kier molecular flexibility index (Phi) is 20.7. The third-order valence-corrected chi connectivity index (χ3v) is 6.73. The number of nitrogens with one attached hydrogen (secondary N) is 3. The molecule has 3 N–H and O–H groups in total. The van der Waals surface area contributed by atoms with Gasteiger partial charge in [0.2, 0.25) is 11.8 Å². The minimum absolute atomic E-state index is 0.0105. The van der Waals surface area contributed by atoms with Gasteiger partial charge in [0.15, 0.2) is 0 Å². The van der Waals surface area contributed by atoms with Crippen molar-refractivity contribution in [3.8, 4) is 0 Å². The van der Waals surface area contributed by atoms with E-state index in [1.165, 1.54) is 6.42 Å². The Balaban J connectivity index is 4.68. The Labute approximate surface area is 229 Å². The summed E-state index contributed by atoms with van der Waals surface area (Å²) in [7, 11) is 0. The van der Waals surface area contributed by atoms with Crippen LogP contribution < -0.4 is 16.0 Å². The van der Waals surface area contributed by atoms with Crippen LogP contribution in [0.1, 0.15) is 132 Å². The van der Waals surface area contributed by atoms with Gasteiger partial charge in [-0.2, -0.15) is 0 Å². The van der Waals surface area contributed by atoms with Crippen LogP contribution in [0.15, 0.2) is 0 Å². The summed E-state index contributed by atoms with van der Waals surface area (Å²) < 4.78 is 0. The smallest absolute Gasteiger partial charge is 0.223 e. The van der Waals surface area contributed by atoms with Crippen LogP contribution in [0.4, 0.5) is 0 Å². The molecule has 0 radical (unpaired) electrons. The molecule has 0 heterocycles. The fourth-order valence-electron chi connectivity index (χ4n) is 4.69. The number of carbonyl (C=O) groups excluding carboxylic acids is 3. The first kappa shape index (κ1) is 35.6. The van der Waals surface area contributed by atoms with Gasteiger partial charge in [0, 0.05) is 43.3 Å². The average molecular weight is 524 g/mol. The summed E-state index contributed by atoms with van der Waals surface area (Å²) in [5, 5.41) is 9.50. The van der Waals surface area contributed by atoms with E-state index in [1.807, 2.05) is 13.8 Å². The van der Waals surface area contributed by atoms with Crippen molar-refractivity contribution in [1.82, 2.24) is 16.0 Å². The van der Waals surface area contributed by atoms with Crippen molar-refractivity contribution in [3.05, 3.63) is 0 Å². The monoisotopic (exact) mass is 523 g/mol. The summed E-state index contributed by atoms with van der Waals surface area (Å²) in [6, 6.07) is 0.533. The number of ketones is 1. The minimum Gasteiger partial charge on any atom is -0.356 e. The van der Waals surface area contributed by atoms with Crippen LogP contribution in [0.2, 0.25) is 0 Å². The Morgan fingerprint density at radius 1 is 0.622 bits per heavy atom. The molecule has 6 nitrogen and oxygen atoms in total. The molecule has 0 rings (SSSR count). The number of unbranched alkanes of at least 4 members (excludes halogenated alkanes) is 3. The summed E-state index contributed by atoms with van der Waals surface area (Å²) in [6.07, 6.45) is 10.4. The van der Waals surface area contributed by atoms with Gasteiger partial charge in [-0.05, 0) is 70.8 Å². The second-order valence-corrected chi connectivity index (χ2v) is 12.4. The molecule has 2 amide bonds. The molecule has 0 aromatic heterocycles. The van der Waals surface area contributed by atoms with E-state index in [4.69, 9.17) is 0 Å². The van der Waals surface area contributed by atoms with Crippen LogP contribution in [-0.4, -0.2) is 42.8 Å². The number of hydrogen-bond donors (Lipinski definition) is 3. The molecule has 0 aliphatic carbocycles. The molecule has 37 heavy (non-hydrogen) atoms. The first-order chi connectivity index (χ1) is 17.4. The van der Waals surface area contributed by atoms with E-state index in [1.54, 1.807) is 0 Å². The first-order valence-electron chi connectivity index (χ1n) is 15.2. The number of carbonyl (C=O) groups is 3. The maximum absolute atomic E-state index is 13.4. The predicted molar refractivity (Wildman–Crippen MR) is 156 cm³/mol. The number of rotatable bonds is 23. The van der Waals surface area contributed by atoms with Crippen LogP contribution in [0, 0.1) is 23.7 Å². The molecule has 0 spiro atoms. The molecule has 218 valence electrons. The van der Waals surface area contributed by atoms with E-state index in [9.17, 15) is 14.4 Å². The van der Waals surface area contributed by atoms with Crippen LogP contribution in [0.5, 0.6) is 0 Å². The van der Waals surface area contributed by atoms with Gasteiger partial charge in [0.25, 0.3) is 0 Å². The highest BCUT2D eigenvalue weighted by Crippen LogP contribution is 2.24. The second-order valence-electron chi connectivity index (χ2n) is 12.4. The van der Waals surface area contributed by atoms with Crippen LogP contribution in [0.3, 0.4) is 0 Å². The van der Waals surface area contributed by atoms with Crippen molar-refractivity contribution >= 4 is 17.6 Å². The zero-order valence-electron chi connectivity index (χ0n) is 25.6. The molecule has 6 heteroatoms. The third-order valence-electron chi connectivity index (χ3n) is 6.73. The topological polar surface area (TPSA) is 87.3 Å². The van der Waals surface area contributed by atoms with E-state index in [2.05, 4.69) is 57.5 Å². The number of Topliss-reactive ketones (excluding diaryl/α,β-unsaturated/α-hetero) is 1. The summed E-state index contributed by atoms with van der Waals surface area (Å²) in [5.74, 6) is 1.25. The van der Waals surface area contributed by atoms with E-state index >= 15 is 0 Å². The highest BCUT2D eigenvalue weighted by atomic mass is 16.2. The Bertz CT molecular complexity index is 617. The van der Waals surface area contributed by atoms with Gasteiger partial charge >= 0.3 is 0 Å². The van der Waals surface area contributed by atoms with E-state index in [0.29, 0.717) is 37.3 Å². The summed E-state index contributed by atoms with van der Waals surface area (Å²) in [5.41, 5.74) is 0. The van der Waals surface area contributed by atoms with Crippen LogP contribution in [-0.2, 0) is 14.4 Å². The van der Waals surface area contributed by atoms with E-state index in [-0.39, 0.29) is 35.5 Å². The minimum atomic E-state index is -0.251. The SMILES string of the molecule is CC(C)CCCCC(=O)NCCCCC(CC(C)C)C(=O)CC(CCCCNC(C)C)C(=O)NC(C)C. The van der Waals surface area contributed by atoms with Crippen molar-refractivity contribution in [2.24, 2.45) is 23.7 Å². The molecule has 0 aliphatic rings. The zero-order chi connectivity index (χ0) is 28.2. The van der Waals surface area contributed by atoms with Gasteiger partial charge in [0.1, 0.15) is 5.78 Å². The Morgan fingerprint density at radius 2 is 1.22 bits per heavy atom. The van der Waals surface area contributed by atoms with Gasteiger partial charge in [-0.25, -0.2) is 0 Å². The lowest BCUT2D eigenvalue weighted by Gasteiger charge is -2.22. The average Bonchev–Trinajstić information content (AvgIpc) is 2.78. The maximum Gasteiger partial charge on any atom is 0.223 e. The summed E-state index contributed by atoms with van der Waals surface area (Å²) >= 11 is 0. The highest BCUT2D eigenvalue weighted by molar-refractivity contribution is 5.88. The number of amides is 2. The normalized spacial score (nSPS) is 13.4. The van der Waals surface area contributed by atoms with Crippen molar-refractivity contribution in [3.63, 3.8) is 0 Å². The molecule has 0 saturated carbocycles. The fraction of sp³-hybridized carbons (Fsp3) is 0.903. The number of hydrogen-bond acceptors (Lipinski definition) is 4. The fourth-order valence-corrected chi connectivity index (χ4v) is 4.69. The Hall–Kier alpha value is -1.43. The largest absolute Gasteiger partial charge is 0.356 e. The van der Waals surface area contributed by atoms with Crippen LogP contribution in [0.25, 0.3) is 0 Å². The molecular weight excluding hydrogens is 462 g/mol. The van der Waals surface area contributed by atoms with Gasteiger partial charge < -0.3 is 16.0 Å². The summed E-state index contributed by atoms with van der Waals surface area (Å²) in [4.78, 5) is 38.3. The molecule has 2 atom stereocenters. The lowest BCUT2D eigenvalue weighted by atomic mass is 9.83. The molecule has 0 aromatic carbocycles. The molecule has 0 aliphatic heterocycles. The van der Waals surface area contributed by atoms with Gasteiger partial charge in [-0.1, -0.05) is 67.2 Å². The van der Waals surface area contributed by atoms with Crippen molar-refractivity contribution in [2.45, 2.75) is 145 Å². The van der Waals surface area contributed by atoms with Gasteiger partial charge in [-0.3, -0.25) is 14.4 Å². The maximum atomic E-state index is 13.4. The molecule has 0 bridgehead atoms. The quantitative estimate of drug-likeness (QED) is 0.135. The standard InChI is InChI=1S/C31H61N3O3/c1-23(2)15-9-10-18-30(36)33-20-14-11-16-27(21-24(3)4)29(35)22-28(31(37)34-26(7)8)17-12-13-19-32-25(5)6/h23-28,32H,9-22H2,1-8H3,(H,33,36)(H,34,37). The molecule has 0 aromatic rings.